The number of hydrogen-bond acceptors (Lipinski definition) is 5. The summed E-state index contributed by atoms with van der Waals surface area (Å²) in [5.74, 6) is -1.31. The predicted octanol–water partition coefficient (Wildman–Crippen LogP) is 6.07. The molecule has 1 unspecified atom stereocenters. The van der Waals surface area contributed by atoms with Crippen molar-refractivity contribution in [3.05, 3.63) is 82.7 Å². The number of hydrogen-bond donors (Lipinski definition) is 1. The Hall–Kier alpha value is -3.06. The fourth-order valence-corrected chi connectivity index (χ4v) is 4.44. The molecule has 0 aliphatic carbocycles. The van der Waals surface area contributed by atoms with Crippen LogP contribution >= 0.6 is 11.8 Å². The van der Waals surface area contributed by atoms with Crippen LogP contribution in [0.5, 0.6) is 0 Å². The summed E-state index contributed by atoms with van der Waals surface area (Å²) in [6.07, 6.45) is 1.18. The molecule has 0 aliphatic heterocycles. The quantitative estimate of drug-likeness (QED) is 0.280. The third-order valence-corrected chi connectivity index (χ3v) is 6.67. The van der Waals surface area contributed by atoms with Crippen molar-refractivity contribution in [3.8, 4) is 0 Å². The van der Waals surface area contributed by atoms with E-state index in [9.17, 15) is 14.7 Å². The molecular weight excluding hydrogens is 448 g/mol. The fraction of sp³-hybridized carbons (Fsp3) is 0.370. The maximum atomic E-state index is 12.8. The van der Waals surface area contributed by atoms with E-state index in [1.165, 1.54) is 22.9 Å². The first-order valence-corrected chi connectivity index (χ1v) is 12.3. The molecule has 7 heteroatoms. The Morgan fingerprint density at radius 2 is 1.76 bits per heavy atom. The minimum absolute atomic E-state index is 0.422. The number of rotatable bonds is 10. The largest absolute Gasteiger partial charge is 0.480 e. The normalized spacial score (nSPS) is 12.4. The first-order chi connectivity index (χ1) is 16.1. The van der Waals surface area contributed by atoms with Crippen LogP contribution in [0.2, 0.25) is 0 Å². The molecule has 0 amide bonds. The Morgan fingerprint density at radius 1 is 1.12 bits per heavy atom. The number of carbonyl (C=O) groups is 2. The molecule has 3 aromatic rings. The minimum Gasteiger partial charge on any atom is -0.480 e. The van der Waals surface area contributed by atoms with Crippen molar-refractivity contribution >= 4 is 23.7 Å². The molecule has 1 atom stereocenters. The minimum atomic E-state index is -0.954. The average molecular weight is 481 g/mol. The molecule has 34 heavy (non-hydrogen) atoms. The van der Waals surface area contributed by atoms with Gasteiger partial charge in [-0.1, -0.05) is 36.8 Å². The second kappa shape index (κ2) is 10.9. The first-order valence-electron chi connectivity index (χ1n) is 11.4. The summed E-state index contributed by atoms with van der Waals surface area (Å²) in [5.41, 5.74) is 4.64. The van der Waals surface area contributed by atoms with Crippen molar-refractivity contribution < 1.29 is 19.4 Å². The molecular formula is C27H32N2O4S. The van der Waals surface area contributed by atoms with Gasteiger partial charge in [0.25, 0.3) is 0 Å². The van der Waals surface area contributed by atoms with Crippen LogP contribution in [0, 0.1) is 6.92 Å². The summed E-state index contributed by atoms with van der Waals surface area (Å²) in [6.45, 7) is 10.1. The number of carboxylic acid groups (broad SMARTS) is 1. The van der Waals surface area contributed by atoms with Crippen LogP contribution in [0.15, 0.2) is 59.5 Å². The molecule has 0 aliphatic rings. The van der Waals surface area contributed by atoms with Crippen LogP contribution in [0.4, 0.5) is 0 Å². The fourth-order valence-electron chi connectivity index (χ4n) is 3.49. The van der Waals surface area contributed by atoms with Gasteiger partial charge in [-0.2, -0.15) is 5.10 Å². The SMILES string of the molecule is CCCn1nc(Cc2ccc(C)cc2)cc1C(C)OC(=O)c1ccc(SC(C)(C)C(=O)O)cc1. The summed E-state index contributed by atoms with van der Waals surface area (Å²) < 4.78 is 6.74. The smallest absolute Gasteiger partial charge is 0.338 e. The highest BCUT2D eigenvalue weighted by atomic mass is 32.2. The second-order valence-electron chi connectivity index (χ2n) is 8.94. The highest BCUT2D eigenvalue weighted by Gasteiger charge is 2.28. The van der Waals surface area contributed by atoms with Crippen LogP contribution in [0.25, 0.3) is 0 Å². The van der Waals surface area contributed by atoms with Crippen molar-refractivity contribution in [2.45, 2.75) is 69.8 Å². The molecule has 0 spiro atoms. The van der Waals surface area contributed by atoms with Gasteiger partial charge in [-0.25, -0.2) is 4.79 Å². The number of nitrogens with zero attached hydrogens (tertiary/aromatic N) is 2. The first kappa shape index (κ1) is 25.6. The van der Waals surface area contributed by atoms with E-state index in [1.807, 2.05) is 17.7 Å². The molecule has 1 heterocycles. The van der Waals surface area contributed by atoms with Crippen LogP contribution in [0.1, 0.15) is 73.1 Å². The van der Waals surface area contributed by atoms with Crippen molar-refractivity contribution in [1.82, 2.24) is 9.78 Å². The number of benzene rings is 2. The van der Waals surface area contributed by atoms with Crippen molar-refractivity contribution in [2.24, 2.45) is 0 Å². The number of ether oxygens (including phenoxy) is 1. The highest BCUT2D eigenvalue weighted by molar-refractivity contribution is 8.01. The summed E-state index contributed by atoms with van der Waals surface area (Å²) in [5, 5.41) is 14.1. The van der Waals surface area contributed by atoms with E-state index in [4.69, 9.17) is 9.84 Å². The number of carboxylic acids is 1. The Kier molecular flexibility index (Phi) is 8.20. The van der Waals surface area contributed by atoms with Gasteiger partial charge in [0.05, 0.1) is 17.0 Å². The molecule has 0 radical (unpaired) electrons. The lowest BCUT2D eigenvalue weighted by molar-refractivity contribution is -0.138. The Morgan fingerprint density at radius 3 is 2.35 bits per heavy atom. The van der Waals surface area contributed by atoms with E-state index < -0.39 is 22.8 Å². The van der Waals surface area contributed by atoms with Crippen LogP contribution in [0.3, 0.4) is 0 Å². The molecule has 0 saturated heterocycles. The zero-order valence-corrected chi connectivity index (χ0v) is 21.2. The van der Waals surface area contributed by atoms with Crippen LogP contribution in [-0.2, 0) is 22.5 Å². The molecule has 1 N–H and O–H groups in total. The monoisotopic (exact) mass is 480 g/mol. The van der Waals surface area contributed by atoms with Gasteiger partial charge in [-0.3, -0.25) is 9.48 Å². The molecule has 0 fully saturated rings. The lowest BCUT2D eigenvalue weighted by Gasteiger charge is -2.18. The summed E-state index contributed by atoms with van der Waals surface area (Å²) in [4.78, 5) is 24.9. The van der Waals surface area contributed by atoms with Gasteiger partial charge in [-0.05, 0) is 70.0 Å². The van der Waals surface area contributed by atoms with Gasteiger partial charge < -0.3 is 9.84 Å². The van der Waals surface area contributed by atoms with Crippen LogP contribution in [-0.4, -0.2) is 31.6 Å². The summed E-state index contributed by atoms with van der Waals surface area (Å²) in [7, 11) is 0. The van der Waals surface area contributed by atoms with Gasteiger partial charge in [0.15, 0.2) is 0 Å². The zero-order valence-electron chi connectivity index (χ0n) is 20.4. The third-order valence-electron chi connectivity index (χ3n) is 5.48. The molecule has 6 nitrogen and oxygen atoms in total. The van der Waals surface area contributed by atoms with E-state index >= 15 is 0 Å². The number of aryl methyl sites for hydroxylation is 2. The van der Waals surface area contributed by atoms with E-state index in [2.05, 4.69) is 38.1 Å². The Labute approximate surface area is 205 Å². The zero-order chi connectivity index (χ0) is 24.9. The third kappa shape index (κ3) is 6.50. The topological polar surface area (TPSA) is 81.4 Å². The standard InChI is InChI=1S/C27H32N2O4S/c1-6-15-29-24(17-22(28-29)16-20-9-7-18(2)8-10-20)19(3)33-25(30)21-11-13-23(14-12-21)34-27(4,5)26(31)32/h7-14,17,19H,6,15-16H2,1-5H3,(H,31,32). The van der Waals surface area contributed by atoms with Crippen molar-refractivity contribution in [3.63, 3.8) is 0 Å². The van der Waals surface area contributed by atoms with Gasteiger partial charge in [0, 0.05) is 17.9 Å². The lowest BCUT2D eigenvalue weighted by Crippen LogP contribution is -2.26. The summed E-state index contributed by atoms with van der Waals surface area (Å²) in [6, 6.07) is 17.2. The van der Waals surface area contributed by atoms with Gasteiger partial charge >= 0.3 is 11.9 Å². The maximum absolute atomic E-state index is 12.8. The molecule has 2 aromatic carbocycles. The highest BCUT2D eigenvalue weighted by Crippen LogP contribution is 2.33. The summed E-state index contributed by atoms with van der Waals surface area (Å²) >= 11 is 1.23. The number of thioether (sulfide) groups is 1. The maximum Gasteiger partial charge on any atom is 0.338 e. The molecule has 3 rings (SSSR count). The Balaban J connectivity index is 1.70. The molecule has 180 valence electrons. The second-order valence-corrected chi connectivity index (χ2v) is 10.6. The molecule has 1 aromatic heterocycles. The van der Waals surface area contributed by atoms with Gasteiger partial charge in [-0.15, -0.1) is 11.8 Å². The molecule has 0 bridgehead atoms. The number of esters is 1. The van der Waals surface area contributed by atoms with E-state index in [-0.39, 0.29) is 0 Å². The lowest BCUT2D eigenvalue weighted by atomic mass is 10.1. The van der Waals surface area contributed by atoms with E-state index in [1.54, 1.807) is 38.1 Å². The van der Waals surface area contributed by atoms with Crippen LogP contribution < -0.4 is 0 Å². The Bertz CT molecular complexity index is 1130. The van der Waals surface area contributed by atoms with Gasteiger partial charge in [0.2, 0.25) is 0 Å². The predicted molar refractivity (Wildman–Crippen MR) is 134 cm³/mol. The molecule has 0 saturated carbocycles. The number of aliphatic carboxylic acids is 1. The van der Waals surface area contributed by atoms with E-state index in [0.717, 1.165) is 35.7 Å². The van der Waals surface area contributed by atoms with Crippen molar-refractivity contribution in [2.75, 3.05) is 0 Å². The van der Waals surface area contributed by atoms with Gasteiger partial charge in [0.1, 0.15) is 10.9 Å². The number of carbonyl (C=O) groups excluding carboxylic acids is 1. The number of aromatic nitrogens is 2. The van der Waals surface area contributed by atoms with Crippen molar-refractivity contribution in [1.29, 1.82) is 0 Å². The van der Waals surface area contributed by atoms with E-state index in [0.29, 0.717) is 5.56 Å². The average Bonchev–Trinajstić information content (AvgIpc) is 3.18.